The lowest BCUT2D eigenvalue weighted by molar-refractivity contribution is -0.384. The molecule has 10 nitrogen and oxygen atoms in total. The number of halogens is 2. The molecule has 0 aliphatic heterocycles. The van der Waals surface area contributed by atoms with Crippen LogP contribution in [-0.2, 0) is 19.1 Å². The van der Waals surface area contributed by atoms with E-state index in [4.69, 9.17) is 9.47 Å². The van der Waals surface area contributed by atoms with E-state index in [1.165, 1.54) is 26.0 Å². The summed E-state index contributed by atoms with van der Waals surface area (Å²) in [6, 6.07) is 19.1. The summed E-state index contributed by atoms with van der Waals surface area (Å²) in [6.45, 7) is 3.04. The van der Waals surface area contributed by atoms with Gasteiger partial charge < -0.3 is 9.47 Å². The first-order valence-electron chi connectivity index (χ1n) is 12.9. The van der Waals surface area contributed by atoms with Crippen LogP contribution < -0.4 is 0 Å². The average molecular weight is 591 g/mol. The van der Waals surface area contributed by atoms with E-state index < -0.39 is 63.4 Å². The number of esters is 2. The Morgan fingerprint density at radius 2 is 1.02 bits per heavy atom. The Hall–Kier alpha value is -5.52. The Bertz CT molecular complexity index is 1600. The van der Waals surface area contributed by atoms with Gasteiger partial charge in [-0.15, -0.1) is 0 Å². The van der Waals surface area contributed by atoms with Gasteiger partial charge in [0, 0.05) is 11.1 Å². The number of benzene rings is 4. The molecule has 2 atom stereocenters. The molecule has 0 saturated heterocycles. The molecule has 0 amide bonds. The second-order valence-electron chi connectivity index (χ2n) is 9.45. The highest BCUT2D eigenvalue weighted by atomic mass is 19.1. The van der Waals surface area contributed by atoms with Crippen LogP contribution in [0.5, 0.6) is 0 Å². The second kappa shape index (κ2) is 13.0. The van der Waals surface area contributed by atoms with Crippen LogP contribution in [0.25, 0.3) is 22.3 Å². The number of carbonyl (C=O) groups excluding carboxylic acids is 2. The number of ether oxygens (including phenoxy) is 2. The molecule has 0 heterocycles. The van der Waals surface area contributed by atoms with Crippen molar-refractivity contribution in [3.63, 3.8) is 0 Å². The van der Waals surface area contributed by atoms with Crippen molar-refractivity contribution in [3.05, 3.63) is 128 Å². The van der Waals surface area contributed by atoms with Gasteiger partial charge in [-0.1, -0.05) is 48.5 Å². The monoisotopic (exact) mass is 590 g/mol. The van der Waals surface area contributed by atoms with Crippen LogP contribution in [-0.4, -0.2) is 21.8 Å². The maximum Gasteiger partial charge on any atom is 0.317 e. The van der Waals surface area contributed by atoms with Crippen molar-refractivity contribution in [1.29, 1.82) is 0 Å². The van der Waals surface area contributed by atoms with Crippen molar-refractivity contribution in [3.8, 4) is 22.3 Å². The molecule has 0 spiro atoms. The van der Waals surface area contributed by atoms with Gasteiger partial charge in [0.1, 0.15) is 30.3 Å². The molecule has 220 valence electrons. The van der Waals surface area contributed by atoms with E-state index in [9.17, 15) is 38.6 Å². The quantitative estimate of drug-likeness (QED) is 0.0805. The third kappa shape index (κ3) is 7.04. The number of nitro groups is 2. The topological polar surface area (TPSA) is 139 Å². The molecule has 0 bridgehead atoms. The van der Waals surface area contributed by atoms with Gasteiger partial charge in [0.25, 0.3) is 11.4 Å². The predicted molar refractivity (Wildman–Crippen MR) is 151 cm³/mol. The minimum atomic E-state index is -0.946. The average Bonchev–Trinajstić information content (AvgIpc) is 2.96. The Balaban J connectivity index is 1.48. The van der Waals surface area contributed by atoms with Gasteiger partial charge in [0.05, 0.1) is 33.1 Å². The predicted octanol–water partition coefficient (Wildman–Crippen LogP) is 7.41. The zero-order valence-electron chi connectivity index (χ0n) is 22.9. The smallest absolute Gasteiger partial charge is 0.317 e. The van der Waals surface area contributed by atoms with E-state index in [0.29, 0.717) is 22.3 Å². The fourth-order valence-electron chi connectivity index (χ4n) is 4.68. The molecule has 12 heteroatoms. The van der Waals surface area contributed by atoms with Crippen molar-refractivity contribution in [1.82, 2.24) is 0 Å². The zero-order valence-corrected chi connectivity index (χ0v) is 22.9. The molecule has 43 heavy (non-hydrogen) atoms. The highest BCUT2D eigenvalue weighted by Gasteiger charge is 2.25. The normalized spacial score (nSPS) is 12.2. The van der Waals surface area contributed by atoms with Gasteiger partial charge in [-0.25, -0.2) is 8.78 Å². The van der Waals surface area contributed by atoms with Crippen molar-refractivity contribution < 1.29 is 37.7 Å². The number of rotatable bonds is 10. The van der Waals surface area contributed by atoms with Gasteiger partial charge in [-0.3, -0.25) is 29.8 Å². The first kappa shape index (κ1) is 30.4. The largest absolute Gasteiger partial charge is 0.457 e. The molecular weight excluding hydrogens is 566 g/mol. The molecule has 2 unspecified atom stereocenters. The first-order chi connectivity index (χ1) is 20.5. The highest BCUT2D eigenvalue weighted by molar-refractivity contribution is 5.91. The van der Waals surface area contributed by atoms with Crippen molar-refractivity contribution in [2.24, 2.45) is 0 Å². The molecular formula is C31H24F2N2O8. The van der Waals surface area contributed by atoms with Crippen LogP contribution in [0.4, 0.5) is 20.2 Å². The van der Waals surface area contributed by atoms with Crippen LogP contribution in [0.3, 0.4) is 0 Å². The summed E-state index contributed by atoms with van der Waals surface area (Å²) in [4.78, 5) is 47.0. The molecule has 0 aromatic heterocycles. The summed E-state index contributed by atoms with van der Waals surface area (Å²) >= 11 is 0. The second-order valence-corrected chi connectivity index (χ2v) is 9.45. The summed E-state index contributed by atoms with van der Waals surface area (Å²) in [5.41, 5.74) is 0.791. The van der Waals surface area contributed by atoms with Gasteiger partial charge in [-0.2, -0.15) is 0 Å². The molecule has 4 aromatic carbocycles. The Morgan fingerprint density at radius 1 is 0.651 bits per heavy atom. The van der Waals surface area contributed by atoms with Crippen molar-refractivity contribution in [2.75, 3.05) is 0 Å². The SMILES string of the molecule is CC(OC(=O)CC(=O)OC(C)c1ccccc1-c1ccc(F)cc1[N+](=O)[O-])c1ccccc1-c1ccc(F)cc1[N+](=O)[O-]. The van der Waals surface area contributed by atoms with E-state index in [0.717, 1.165) is 24.3 Å². The molecule has 0 N–H and O–H groups in total. The molecule has 4 aromatic rings. The minimum absolute atomic E-state index is 0.123. The standard InChI is InChI=1S/C31H24F2N2O8/c1-18(22-7-3-5-9-24(22)26-13-11-20(32)15-28(26)34(38)39)42-30(36)17-31(37)43-19(2)23-8-4-6-10-25(23)27-14-12-21(33)16-29(27)35(40)41/h3-16,18-19H,17H2,1-2H3. The highest BCUT2D eigenvalue weighted by Crippen LogP contribution is 2.37. The molecule has 0 fully saturated rings. The van der Waals surface area contributed by atoms with Crippen LogP contribution in [0.15, 0.2) is 84.9 Å². The van der Waals surface area contributed by atoms with Crippen LogP contribution in [0.1, 0.15) is 43.6 Å². The molecule has 0 aliphatic rings. The van der Waals surface area contributed by atoms with Gasteiger partial charge in [-0.05, 0) is 49.2 Å². The van der Waals surface area contributed by atoms with E-state index >= 15 is 0 Å². The van der Waals surface area contributed by atoms with Crippen molar-refractivity contribution in [2.45, 2.75) is 32.5 Å². The number of nitro benzene ring substituents is 2. The third-order valence-corrected chi connectivity index (χ3v) is 6.60. The molecule has 0 radical (unpaired) electrons. The van der Waals surface area contributed by atoms with Crippen LogP contribution >= 0.6 is 0 Å². The third-order valence-electron chi connectivity index (χ3n) is 6.60. The Labute approximate surface area is 243 Å². The lowest BCUT2D eigenvalue weighted by atomic mass is 9.95. The lowest BCUT2D eigenvalue weighted by Gasteiger charge is -2.19. The summed E-state index contributed by atoms with van der Waals surface area (Å²) in [5.74, 6) is -3.43. The summed E-state index contributed by atoms with van der Waals surface area (Å²) in [6.07, 6.45) is -2.66. The van der Waals surface area contributed by atoms with Gasteiger partial charge >= 0.3 is 11.9 Å². The fourth-order valence-corrected chi connectivity index (χ4v) is 4.68. The van der Waals surface area contributed by atoms with E-state index in [-0.39, 0.29) is 11.1 Å². The number of hydrogen-bond acceptors (Lipinski definition) is 8. The van der Waals surface area contributed by atoms with E-state index in [1.807, 2.05) is 0 Å². The van der Waals surface area contributed by atoms with Crippen LogP contribution in [0.2, 0.25) is 0 Å². The maximum absolute atomic E-state index is 13.7. The minimum Gasteiger partial charge on any atom is -0.457 e. The number of carbonyl (C=O) groups is 2. The summed E-state index contributed by atoms with van der Waals surface area (Å²) < 4.78 is 38.2. The summed E-state index contributed by atoms with van der Waals surface area (Å²) in [5, 5.41) is 23.1. The molecule has 4 rings (SSSR count). The maximum atomic E-state index is 13.7. The molecule has 0 aliphatic carbocycles. The fraction of sp³-hybridized carbons (Fsp3) is 0.161. The number of hydrogen-bond donors (Lipinski definition) is 0. The first-order valence-corrected chi connectivity index (χ1v) is 12.9. The zero-order chi connectivity index (χ0) is 31.3. The number of nitrogens with zero attached hydrogens (tertiary/aromatic N) is 2. The lowest BCUT2D eigenvalue weighted by Crippen LogP contribution is -2.17. The van der Waals surface area contributed by atoms with Crippen molar-refractivity contribution >= 4 is 23.3 Å². The Kier molecular flexibility index (Phi) is 9.19. The van der Waals surface area contributed by atoms with Crippen LogP contribution in [0, 0.1) is 31.9 Å². The Morgan fingerprint density at radius 3 is 1.40 bits per heavy atom. The van der Waals surface area contributed by atoms with E-state index in [1.54, 1.807) is 48.5 Å². The van der Waals surface area contributed by atoms with E-state index in [2.05, 4.69) is 0 Å². The molecule has 0 saturated carbocycles. The summed E-state index contributed by atoms with van der Waals surface area (Å²) in [7, 11) is 0. The van der Waals surface area contributed by atoms with Gasteiger partial charge in [0.2, 0.25) is 0 Å². The van der Waals surface area contributed by atoms with Gasteiger partial charge in [0.15, 0.2) is 0 Å².